The third kappa shape index (κ3) is 4.82. The highest BCUT2D eigenvalue weighted by molar-refractivity contribution is 6.04. The summed E-state index contributed by atoms with van der Waals surface area (Å²) in [5.41, 5.74) is 3.17. The average Bonchev–Trinajstić information content (AvgIpc) is 2.71. The van der Waals surface area contributed by atoms with Gasteiger partial charge in [0.15, 0.2) is 0 Å². The molecule has 3 aromatic rings. The van der Waals surface area contributed by atoms with Crippen molar-refractivity contribution in [1.82, 2.24) is 9.97 Å². The van der Waals surface area contributed by atoms with Crippen LogP contribution in [0.2, 0.25) is 0 Å². The molecule has 0 aliphatic carbocycles. The highest BCUT2D eigenvalue weighted by Gasteiger charge is 2.09. The molecule has 3 rings (SSSR count). The summed E-state index contributed by atoms with van der Waals surface area (Å²) in [4.78, 5) is 23.1. The molecule has 0 saturated heterocycles. The number of benzene rings is 2. The largest absolute Gasteiger partial charge is 0.372 e. The number of nitrogens with zero attached hydrogens (tertiary/aromatic N) is 3. The van der Waals surface area contributed by atoms with Gasteiger partial charge in [-0.2, -0.15) is 0 Å². The lowest BCUT2D eigenvalue weighted by molar-refractivity contribution is 0.102. The first-order valence-electron chi connectivity index (χ1n) is 9.00. The summed E-state index contributed by atoms with van der Waals surface area (Å²) in [6, 6.07) is 17.4. The first kappa shape index (κ1) is 18.4. The zero-order chi connectivity index (χ0) is 19.1. The molecule has 0 aliphatic rings. The van der Waals surface area contributed by atoms with Crippen molar-refractivity contribution in [2.24, 2.45) is 0 Å². The van der Waals surface area contributed by atoms with Crippen molar-refractivity contribution < 1.29 is 4.79 Å². The predicted molar refractivity (Wildman–Crippen MR) is 110 cm³/mol. The fraction of sp³-hybridized carbons (Fsp3) is 0.190. The zero-order valence-electron chi connectivity index (χ0n) is 15.5. The number of rotatable bonds is 7. The van der Waals surface area contributed by atoms with Gasteiger partial charge in [0.1, 0.15) is 0 Å². The molecule has 0 atom stereocenters. The third-order valence-corrected chi connectivity index (χ3v) is 4.20. The Hall–Kier alpha value is -3.41. The second-order valence-corrected chi connectivity index (χ2v) is 5.96. The number of anilines is 4. The quantitative estimate of drug-likeness (QED) is 0.656. The lowest BCUT2D eigenvalue weighted by atomic mass is 10.2. The number of carbonyl (C=O) groups excluding carboxylic acids is 1. The second kappa shape index (κ2) is 8.80. The molecule has 1 heterocycles. The molecule has 6 nitrogen and oxygen atoms in total. The molecule has 138 valence electrons. The Morgan fingerprint density at radius 3 is 2.11 bits per heavy atom. The molecule has 2 N–H and O–H groups in total. The molecule has 0 fully saturated rings. The number of aromatic nitrogens is 2. The Kier molecular flexibility index (Phi) is 5.99. The van der Waals surface area contributed by atoms with Crippen molar-refractivity contribution in [2.45, 2.75) is 13.8 Å². The van der Waals surface area contributed by atoms with E-state index in [1.807, 2.05) is 54.6 Å². The third-order valence-electron chi connectivity index (χ3n) is 4.20. The van der Waals surface area contributed by atoms with E-state index >= 15 is 0 Å². The molecule has 6 heteroatoms. The van der Waals surface area contributed by atoms with Crippen LogP contribution in [0, 0.1) is 0 Å². The highest BCUT2D eigenvalue weighted by Crippen LogP contribution is 2.18. The number of amides is 1. The molecule has 0 unspecified atom stereocenters. The van der Waals surface area contributed by atoms with Gasteiger partial charge in [0.25, 0.3) is 5.91 Å². The van der Waals surface area contributed by atoms with Crippen LogP contribution in [0.25, 0.3) is 0 Å². The van der Waals surface area contributed by atoms with Crippen molar-refractivity contribution in [3.05, 3.63) is 72.6 Å². The van der Waals surface area contributed by atoms with Crippen LogP contribution in [-0.4, -0.2) is 29.0 Å². The van der Waals surface area contributed by atoms with Crippen LogP contribution < -0.4 is 15.5 Å². The molecule has 0 bridgehead atoms. The van der Waals surface area contributed by atoms with Gasteiger partial charge in [0.2, 0.25) is 5.95 Å². The Morgan fingerprint density at radius 2 is 1.52 bits per heavy atom. The Labute approximate surface area is 159 Å². The average molecular weight is 361 g/mol. The Balaban J connectivity index is 1.62. The zero-order valence-corrected chi connectivity index (χ0v) is 15.5. The van der Waals surface area contributed by atoms with Gasteiger partial charge < -0.3 is 15.5 Å². The first-order valence-corrected chi connectivity index (χ1v) is 9.00. The van der Waals surface area contributed by atoms with Crippen molar-refractivity contribution in [3.63, 3.8) is 0 Å². The van der Waals surface area contributed by atoms with Crippen LogP contribution in [0.4, 0.5) is 23.0 Å². The number of carbonyl (C=O) groups is 1. The van der Waals surface area contributed by atoms with Crippen molar-refractivity contribution in [3.8, 4) is 0 Å². The maximum Gasteiger partial charge on any atom is 0.258 e. The molecule has 0 spiro atoms. The standard InChI is InChI=1S/C21H23N5O/c1-3-26(4-2)19-12-10-18(11-13-19)24-20(27)16-14-22-21(23-15-16)25-17-8-6-5-7-9-17/h5-15H,3-4H2,1-2H3,(H,24,27)(H,22,23,25). The van der Waals surface area contributed by atoms with Gasteiger partial charge in [-0.15, -0.1) is 0 Å². The highest BCUT2D eigenvalue weighted by atomic mass is 16.1. The van der Waals surface area contributed by atoms with E-state index in [4.69, 9.17) is 0 Å². The van der Waals surface area contributed by atoms with Crippen LogP contribution in [0.3, 0.4) is 0 Å². The minimum Gasteiger partial charge on any atom is -0.372 e. The van der Waals surface area contributed by atoms with Gasteiger partial charge in [-0.25, -0.2) is 9.97 Å². The number of hydrogen-bond acceptors (Lipinski definition) is 5. The van der Waals surface area contributed by atoms with Crippen LogP contribution in [0.15, 0.2) is 67.0 Å². The summed E-state index contributed by atoms with van der Waals surface area (Å²) in [7, 11) is 0. The summed E-state index contributed by atoms with van der Waals surface area (Å²) >= 11 is 0. The fourth-order valence-corrected chi connectivity index (χ4v) is 2.71. The van der Waals surface area contributed by atoms with E-state index < -0.39 is 0 Å². The maximum absolute atomic E-state index is 12.4. The molecule has 0 radical (unpaired) electrons. The molecule has 1 aromatic heterocycles. The minimum atomic E-state index is -0.239. The minimum absolute atomic E-state index is 0.239. The molecule has 27 heavy (non-hydrogen) atoms. The topological polar surface area (TPSA) is 70.2 Å². The molecule has 0 aliphatic heterocycles. The monoisotopic (exact) mass is 361 g/mol. The summed E-state index contributed by atoms with van der Waals surface area (Å²) < 4.78 is 0. The summed E-state index contributed by atoms with van der Waals surface area (Å²) in [6.07, 6.45) is 3.02. The van der Waals surface area contributed by atoms with E-state index in [1.54, 1.807) is 0 Å². The predicted octanol–water partition coefficient (Wildman–Crippen LogP) is 4.32. The molecular weight excluding hydrogens is 338 g/mol. The van der Waals surface area contributed by atoms with Crippen molar-refractivity contribution in [2.75, 3.05) is 28.6 Å². The number of para-hydroxylation sites is 1. The van der Waals surface area contributed by atoms with Gasteiger partial charge in [-0.05, 0) is 50.2 Å². The SMILES string of the molecule is CCN(CC)c1ccc(NC(=O)c2cnc(Nc3ccccc3)nc2)cc1. The first-order chi connectivity index (χ1) is 13.2. The maximum atomic E-state index is 12.4. The van der Waals surface area contributed by atoms with Crippen LogP contribution in [-0.2, 0) is 0 Å². The van der Waals surface area contributed by atoms with Crippen molar-refractivity contribution in [1.29, 1.82) is 0 Å². The second-order valence-electron chi connectivity index (χ2n) is 5.96. The van der Waals surface area contributed by atoms with Crippen LogP contribution >= 0.6 is 0 Å². The number of nitrogens with one attached hydrogen (secondary N) is 2. The van der Waals surface area contributed by atoms with Gasteiger partial charge >= 0.3 is 0 Å². The van der Waals surface area contributed by atoms with Gasteiger partial charge in [0, 0.05) is 42.5 Å². The van der Waals surface area contributed by atoms with Crippen LogP contribution in [0.5, 0.6) is 0 Å². The lowest BCUT2D eigenvalue weighted by Gasteiger charge is -2.21. The number of hydrogen-bond donors (Lipinski definition) is 2. The van der Waals surface area contributed by atoms with Crippen molar-refractivity contribution >= 4 is 28.9 Å². The molecular formula is C21H23N5O. The van der Waals surface area contributed by atoms with Gasteiger partial charge in [0.05, 0.1) is 5.56 Å². The van der Waals surface area contributed by atoms with E-state index in [9.17, 15) is 4.79 Å². The fourth-order valence-electron chi connectivity index (χ4n) is 2.71. The van der Waals surface area contributed by atoms with E-state index in [1.165, 1.54) is 12.4 Å². The normalized spacial score (nSPS) is 10.3. The summed E-state index contributed by atoms with van der Waals surface area (Å²) in [5.74, 6) is 0.207. The van der Waals surface area contributed by atoms with Gasteiger partial charge in [-0.3, -0.25) is 4.79 Å². The lowest BCUT2D eigenvalue weighted by Crippen LogP contribution is -2.21. The van der Waals surface area contributed by atoms with Crippen LogP contribution in [0.1, 0.15) is 24.2 Å². The van der Waals surface area contributed by atoms with E-state index in [2.05, 4.69) is 39.3 Å². The van der Waals surface area contributed by atoms with E-state index in [0.717, 1.165) is 30.2 Å². The van der Waals surface area contributed by atoms with E-state index in [0.29, 0.717) is 11.5 Å². The molecule has 2 aromatic carbocycles. The molecule has 1 amide bonds. The van der Waals surface area contributed by atoms with Gasteiger partial charge in [-0.1, -0.05) is 18.2 Å². The smallest absolute Gasteiger partial charge is 0.258 e. The Morgan fingerprint density at radius 1 is 0.889 bits per heavy atom. The summed E-state index contributed by atoms with van der Waals surface area (Å²) in [6.45, 7) is 6.14. The molecule has 0 saturated carbocycles. The Bertz CT molecular complexity index is 859. The van der Waals surface area contributed by atoms with E-state index in [-0.39, 0.29) is 5.91 Å². The summed E-state index contributed by atoms with van der Waals surface area (Å²) in [5, 5.41) is 5.96.